The van der Waals surface area contributed by atoms with Gasteiger partial charge in [-0.25, -0.2) is 8.78 Å². The van der Waals surface area contributed by atoms with Gasteiger partial charge in [-0.2, -0.15) is 5.06 Å². The molecule has 0 spiro atoms. The van der Waals surface area contributed by atoms with E-state index in [1.54, 1.807) is 18.2 Å². The van der Waals surface area contributed by atoms with Crippen molar-refractivity contribution in [2.75, 3.05) is 26.2 Å². The van der Waals surface area contributed by atoms with Gasteiger partial charge in [-0.1, -0.05) is 42.5 Å². The van der Waals surface area contributed by atoms with Crippen LogP contribution in [0.15, 0.2) is 54.6 Å². The number of halogens is 2. The molecule has 2 aliphatic heterocycles. The number of nitrogens with zero attached hydrogens (tertiary/aromatic N) is 2. The molecule has 0 bridgehead atoms. The van der Waals surface area contributed by atoms with Gasteiger partial charge in [0.15, 0.2) is 0 Å². The predicted molar refractivity (Wildman–Crippen MR) is 99.3 cm³/mol. The molecule has 1 radical (unpaired) electrons. The number of hydrogen-bond donors (Lipinski definition) is 2. The Kier molecular flexibility index (Phi) is 11.4. The number of nitrogens with two attached hydrogens (primary N) is 1. The van der Waals surface area contributed by atoms with Gasteiger partial charge in [-0.15, -0.1) is 13.1 Å². The molecule has 1 atom stereocenters. The monoisotopic (exact) mass is 451 g/mol. The second kappa shape index (κ2) is 12.7. The first kappa shape index (κ1) is 24.3. The minimum absolute atomic E-state index is 0. The number of alkyl halides is 1. The van der Waals surface area contributed by atoms with Crippen LogP contribution in [-0.4, -0.2) is 42.1 Å². The summed E-state index contributed by atoms with van der Waals surface area (Å²) in [6, 6.07) is 16.2. The zero-order valence-corrected chi connectivity index (χ0v) is 18.2. The standard InChI is InChI=1S/C9H11NO.C6H5F.C5H10FN2.Y/c11-10-6-5-8-3-1-2-4-9(8)7-10;7-6-4-2-1-3-5-6;6-5(3-7)1-2-8-4-5;/h1-4,11H,5-7H2;1-5H;1-4,7H2;/q;;-1;. The summed E-state index contributed by atoms with van der Waals surface area (Å²) < 4.78 is 24.7. The molecule has 2 heterocycles. The Morgan fingerprint density at radius 2 is 1.70 bits per heavy atom. The van der Waals surface area contributed by atoms with Crippen molar-refractivity contribution in [3.63, 3.8) is 0 Å². The summed E-state index contributed by atoms with van der Waals surface area (Å²) in [4.78, 5) is 0. The minimum Gasteiger partial charge on any atom is -0.660 e. The molecule has 2 aromatic carbocycles. The van der Waals surface area contributed by atoms with Crippen LogP contribution < -0.4 is 5.73 Å². The zero-order valence-electron chi connectivity index (χ0n) is 15.4. The summed E-state index contributed by atoms with van der Waals surface area (Å²) in [5.41, 5.74) is 6.60. The van der Waals surface area contributed by atoms with E-state index in [9.17, 15) is 14.0 Å². The quantitative estimate of drug-likeness (QED) is 0.696. The van der Waals surface area contributed by atoms with Gasteiger partial charge in [-0.05, 0) is 36.1 Å². The van der Waals surface area contributed by atoms with Gasteiger partial charge in [0.25, 0.3) is 0 Å². The minimum atomic E-state index is -1.15. The normalized spacial score (nSPS) is 20.9. The van der Waals surface area contributed by atoms with Gasteiger partial charge in [0.1, 0.15) is 11.5 Å². The molecule has 4 rings (SSSR count). The Bertz CT molecular complexity index is 655. The van der Waals surface area contributed by atoms with E-state index in [4.69, 9.17) is 5.73 Å². The van der Waals surface area contributed by atoms with Crippen LogP contribution >= 0.6 is 0 Å². The van der Waals surface area contributed by atoms with Crippen molar-refractivity contribution in [3.05, 3.63) is 76.9 Å². The first-order valence-electron chi connectivity index (χ1n) is 8.76. The van der Waals surface area contributed by atoms with Gasteiger partial charge < -0.3 is 16.3 Å². The fraction of sp³-hybridized carbons (Fsp3) is 0.400. The Labute approximate surface area is 185 Å². The summed E-state index contributed by atoms with van der Waals surface area (Å²) in [7, 11) is 0. The van der Waals surface area contributed by atoms with Crippen molar-refractivity contribution in [2.45, 2.75) is 25.1 Å². The molecule has 1 saturated heterocycles. The number of hydrogen-bond acceptors (Lipinski definition) is 3. The SMILES string of the molecule is Fc1ccccc1.NCC1(F)CC[N-]C1.ON1CCc2ccccc2C1.[Y]. The van der Waals surface area contributed by atoms with Gasteiger partial charge in [0, 0.05) is 52.3 Å². The summed E-state index contributed by atoms with van der Waals surface area (Å²) in [6.45, 7) is 2.51. The third-order valence-electron chi connectivity index (χ3n) is 4.32. The van der Waals surface area contributed by atoms with Crippen LogP contribution in [0.2, 0.25) is 0 Å². The molecule has 4 nitrogen and oxygen atoms in total. The van der Waals surface area contributed by atoms with Crippen LogP contribution in [-0.2, 0) is 45.7 Å². The number of hydroxylamine groups is 2. The zero-order chi connectivity index (χ0) is 18.8. The average Bonchev–Trinajstić information content (AvgIpc) is 3.11. The van der Waals surface area contributed by atoms with Crippen LogP contribution in [0.5, 0.6) is 0 Å². The average molecular weight is 451 g/mol. The largest absolute Gasteiger partial charge is 0.660 e. The number of fused-ring (bicyclic) bond motifs is 1. The maximum absolute atomic E-state index is 12.8. The molecule has 27 heavy (non-hydrogen) atoms. The molecular formula is C20H26F2N3OY-. The van der Waals surface area contributed by atoms with E-state index in [-0.39, 0.29) is 45.1 Å². The summed E-state index contributed by atoms with van der Waals surface area (Å²) in [5, 5.41) is 14.4. The third-order valence-corrected chi connectivity index (χ3v) is 4.32. The molecule has 2 aromatic rings. The maximum Gasteiger partial charge on any atom is 0.123 e. The number of rotatable bonds is 1. The second-order valence-electron chi connectivity index (χ2n) is 6.41. The molecule has 1 fully saturated rings. The fourth-order valence-corrected chi connectivity index (χ4v) is 2.70. The molecule has 0 aliphatic carbocycles. The van der Waals surface area contributed by atoms with Crippen molar-refractivity contribution in [1.82, 2.24) is 5.06 Å². The molecule has 1 unspecified atom stereocenters. The smallest absolute Gasteiger partial charge is 0.123 e. The van der Waals surface area contributed by atoms with Crippen molar-refractivity contribution in [2.24, 2.45) is 5.73 Å². The van der Waals surface area contributed by atoms with Crippen molar-refractivity contribution in [1.29, 1.82) is 0 Å². The predicted octanol–water partition coefficient (Wildman–Crippen LogP) is 3.69. The topological polar surface area (TPSA) is 63.6 Å². The van der Waals surface area contributed by atoms with E-state index in [0.717, 1.165) is 13.0 Å². The first-order chi connectivity index (χ1) is 12.5. The summed E-state index contributed by atoms with van der Waals surface area (Å²) in [6.07, 6.45) is 1.48. The Balaban J connectivity index is 0.000000205. The van der Waals surface area contributed by atoms with Crippen LogP contribution in [0.1, 0.15) is 17.5 Å². The van der Waals surface area contributed by atoms with Crippen LogP contribution in [0.3, 0.4) is 0 Å². The van der Waals surface area contributed by atoms with Gasteiger partial charge in [0.05, 0.1) is 0 Å². The third kappa shape index (κ3) is 8.86. The Hall–Kier alpha value is -0.756. The number of benzene rings is 2. The van der Waals surface area contributed by atoms with Gasteiger partial charge in [-0.3, -0.25) is 0 Å². The molecule has 0 saturated carbocycles. The Morgan fingerprint density at radius 3 is 2.19 bits per heavy atom. The van der Waals surface area contributed by atoms with E-state index >= 15 is 0 Å². The van der Waals surface area contributed by atoms with Gasteiger partial charge >= 0.3 is 0 Å². The van der Waals surface area contributed by atoms with E-state index in [0.29, 0.717) is 26.1 Å². The van der Waals surface area contributed by atoms with E-state index < -0.39 is 5.67 Å². The van der Waals surface area contributed by atoms with Crippen LogP contribution in [0, 0.1) is 5.82 Å². The molecule has 145 valence electrons. The molecule has 0 aromatic heterocycles. The van der Waals surface area contributed by atoms with E-state index in [1.807, 2.05) is 12.1 Å². The van der Waals surface area contributed by atoms with Crippen molar-refractivity contribution >= 4 is 0 Å². The van der Waals surface area contributed by atoms with Crippen LogP contribution in [0.4, 0.5) is 8.78 Å². The van der Waals surface area contributed by atoms with Crippen molar-refractivity contribution < 1.29 is 46.7 Å². The molecule has 0 amide bonds. The summed E-state index contributed by atoms with van der Waals surface area (Å²) >= 11 is 0. The van der Waals surface area contributed by atoms with Gasteiger partial charge in [0.2, 0.25) is 0 Å². The second-order valence-corrected chi connectivity index (χ2v) is 6.41. The molecular weight excluding hydrogens is 425 g/mol. The van der Waals surface area contributed by atoms with E-state index in [1.165, 1.54) is 28.3 Å². The van der Waals surface area contributed by atoms with E-state index in [2.05, 4.69) is 17.4 Å². The summed E-state index contributed by atoms with van der Waals surface area (Å²) in [5.74, 6) is -0.178. The maximum atomic E-state index is 12.8. The Morgan fingerprint density at radius 1 is 1.07 bits per heavy atom. The molecule has 2 aliphatic rings. The van der Waals surface area contributed by atoms with Crippen LogP contribution in [0.25, 0.3) is 5.32 Å². The van der Waals surface area contributed by atoms with Crippen molar-refractivity contribution in [3.8, 4) is 0 Å². The molecule has 7 heteroatoms. The molecule has 3 N–H and O–H groups in total. The first-order valence-corrected chi connectivity index (χ1v) is 8.76. The fourth-order valence-electron chi connectivity index (χ4n) is 2.70.